The topological polar surface area (TPSA) is 117 Å². The predicted octanol–water partition coefficient (Wildman–Crippen LogP) is 6.79. The fourth-order valence-electron chi connectivity index (χ4n) is 4.94. The van der Waals surface area contributed by atoms with Crippen LogP contribution in [-0.4, -0.2) is 49.8 Å². The second kappa shape index (κ2) is 15.1. The second-order valence-corrected chi connectivity index (χ2v) is 11.6. The molecule has 0 bridgehead atoms. The lowest BCUT2D eigenvalue weighted by molar-refractivity contribution is -0.120. The highest BCUT2D eigenvalue weighted by atomic mass is 35.5. The van der Waals surface area contributed by atoms with Gasteiger partial charge in [-0.05, 0) is 59.9 Å². The van der Waals surface area contributed by atoms with Crippen molar-refractivity contribution in [3.63, 3.8) is 0 Å². The number of ether oxygens (including phenoxy) is 1. The van der Waals surface area contributed by atoms with Gasteiger partial charge in [0.1, 0.15) is 11.6 Å². The largest absolute Gasteiger partial charge is 0.495 e. The van der Waals surface area contributed by atoms with Crippen LogP contribution in [0.4, 0.5) is 20.2 Å². The number of carboxylic acids is 1. The number of methoxy groups -OCH3 is 1. The van der Waals surface area contributed by atoms with Gasteiger partial charge in [-0.15, -0.1) is 0 Å². The maximum Gasteiger partial charge on any atom is 0.335 e. The van der Waals surface area contributed by atoms with E-state index < -0.39 is 35.7 Å². The zero-order valence-corrected chi connectivity index (χ0v) is 25.3. The van der Waals surface area contributed by atoms with Gasteiger partial charge in [0.2, 0.25) is 12.3 Å². The predicted molar refractivity (Wildman–Crippen MR) is 164 cm³/mol. The van der Waals surface area contributed by atoms with E-state index in [1.807, 2.05) is 13.8 Å². The first kappa shape index (κ1) is 33.8. The van der Waals surface area contributed by atoms with Crippen LogP contribution in [0.25, 0.3) is 0 Å². The van der Waals surface area contributed by atoms with Gasteiger partial charge in [-0.25, -0.2) is 9.18 Å². The van der Waals surface area contributed by atoms with E-state index in [1.165, 1.54) is 31.4 Å². The molecule has 1 aliphatic heterocycles. The summed E-state index contributed by atoms with van der Waals surface area (Å²) < 4.78 is 33.1. The molecule has 0 radical (unpaired) electrons. The summed E-state index contributed by atoms with van der Waals surface area (Å²) in [5.74, 6) is -2.52. The van der Waals surface area contributed by atoms with E-state index in [1.54, 1.807) is 36.4 Å². The Morgan fingerprint density at radius 3 is 2.49 bits per heavy atom. The van der Waals surface area contributed by atoms with Crippen molar-refractivity contribution in [2.45, 2.75) is 32.2 Å². The number of carboxylic acid groups (broad SMARTS) is 1. The maximum absolute atomic E-state index is 14.7. The molecular weight excluding hydrogens is 603 g/mol. The molecule has 3 aromatic rings. The number of benzene rings is 3. The lowest BCUT2D eigenvalue weighted by Crippen LogP contribution is -2.39. The van der Waals surface area contributed by atoms with Gasteiger partial charge in [0.05, 0.1) is 36.0 Å². The highest BCUT2D eigenvalue weighted by Gasteiger charge is 2.44. The monoisotopic (exact) mass is 635 g/mol. The summed E-state index contributed by atoms with van der Waals surface area (Å²) in [4.78, 5) is 34.0. The van der Waals surface area contributed by atoms with E-state index in [2.05, 4.69) is 16.0 Å². The molecule has 12 heteroatoms. The van der Waals surface area contributed by atoms with Crippen LogP contribution in [0.5, 0.6) is 5.75 Å². The smallest absolute Gasteiger partial charge is 0.335 e. The minimum absolute atomic E-state index is 0.0176. The maximum atomic E-state index is 14.7. The highest BCUT2D eigenvalue weighted by Crippen LogP contribution is 2.40. The quantitative estimate of drug-likeness (QED) is 0.182. The van der Waals surface area contributed by atoms with Crippen molar-refractivity contribution in [2.75, 3.05) is 31.0 Å². The summed E-state index contributed by atoms with van der Waals surface area (Å²) in [6.45, 7) is 3.52. The molecule has 1 heterocycles. The van der Waals surface area contributed by atoms with E-state index >= 15 is 0 Å². The number of anilines is 2. The molecular formula is C31H33Cl2F2N3O5. The molecule has 1 aliphatic rings. The molecule has 4 N–H and O–H groups in total. The molecule has 0 spiro atoms. The molecule has 3 atom stereocenters. The standard InChI is InChI=1S/C22H24Cl2F2N2O.C9H9NO4/c1-22(2,12-25)10-18-19(21(29)28-14-6-3-5-13(23)9-14)16(11-27-18)15-7-4-8-17(24)20(15)26;1-14-8-4-6(9(12)13)2-3-7(8)10-5-11/h3-9,16,18-19,27H,10-12H2,1-2H3,(H,28,29);2-5H,1H3,(H,10,11)(H,12,13). The van der Waals surface area contributed by atoms with Crippen LogP contribution in [0.1, 0.15) is 42.1 Å². The van der Waals surface area contributed by atoms with Crippen molar-refractivity contribution in [3.05, 3.63) is 87.7 Å². The third-order valence-corrected chi connectivity index (χ3v) is 7.57. The van der Waals surface area contributed by atoms with Crippen molar-refractivity contribution in [1.82, 2.24) is 5.32 Å². The molecule has 1 saturated heterocycles. The van der Waals surface area contributed by atoms with Gasteiger partial charge in [0, 0.05) is 29.2 Å². The summed E-state index contributed by atoms with van der Waals surface area (Å²) in [7, 11) is 1.40. The fraction of sp³-hybridized carbons (Fsp3) is 0.323. The average molecular weight is 637 g/mol. The van der Waals surface area contributed by atoms with Crippen LogP contribution in [0.2, 0.25) is 10.0 Å². The average Bonchev–Trinajstić information content (AvgIpc) is 3.37. The van der Waals surface area contributed by atoms with Crippen molar-refractivity contribution >= 4 is 52.9 Å². The normalized spacial score (nSPS) is 17.8. The Kier molecular flexibility index (Phi) is 11.9. The number of halogens is 4. The van der Waals surface area contributed by atoms with Gasteiger partial charge < -0.3 is 25.8 Å². The van der Waals surface area contributed by atoms with Gasteiger partial charge >= 0.3 is 5.97 Å². The van der Waals surface area contributed by atoms with Gasteiger partial charge in [-0.3, -0.25) is 14.0 Å². The second-order valence-electron chi connectivity index (χ2n) is 10.8. The molecule has 2 amide bonds. The molecule has 0 aliphatic carbocycles. The number of hydrogen-bond donors (Lipinski definition) is 4. The number of alkyl halides is 1. The summed E-state index contributed by atoms with van der Waals surface area (Å²) >= 11 is 12.0. The fourth-order valence-corrected chi connectivity index (χ4v) is 5.31. The van der Waals surface area contributed by atoms with Crippen LogP contribution in [0.3, 0.4) is 0 Å². The highest BCUT2D eigenvalue weighted by molar-refractivity contribution is 6.31. The Morgan fingerprint density at radius 2 is 1.86 bits per heavy atom. The molecule has 8 nitrogen and oxygen atoms in total. The van der Waals surface area contributed by atoms with Crippen LogP contribution in [0.15, 0.2) is 60.7 Å². The van der Waals surface area contributed by atoms with Crippen LogP contribution in [0, 0.1) is 17.2 Å². The zero-order chi connectivity index (χ0) is 31.7. The Morgan fingerprint density at radius 1 is 1.14 bits per heavy atom. The first-order chi connectivity index (χ1) is 20.4. The Labute approximate surface area is 258 Å². The number of hydrogen-bond acceptors (Lipinski definition) is 5. The van der Waals surface area contributed by atoms with Crippen molar-refractivity contribution in [1.29, 1.82) is 0 Å². The minimum atomic E-state index is -1.04. The van der Waals surface area contributed by atoms with E-state index in [-0.39, 0.29) is 22.5 Å². The molecule has 1 fully saturated rings. The zero-order valence-electron chi connectivity index (χ0n) is 23.8. The Balaban J connectivity index is 0.000000303. The number of aromatic carboxylic acids is 1. The SMILES string of the molecule is CC(C)(CF)CC1NCC(c2cccc(Cl)c2F)C1C(=O)Nc1cccc(Cl)c1.COc1cc(C(=O)O)ccc1NC=O. The van der Waals surface area contributed by atoms with Crippen LogP contribution in [-0.2, 0) is 9.59 Å². The Bertz CT molecular complexity index is 1460. The van der Waals surface area contributed by atoms with Crippen LogP contribution >= 0.6 is 23.2 Å². The molecule has 3 aromatic carbocycles. The summed E-state index contributed by atoms with van der Waals surface area (Å²) in [6.07, 6.45) is 0.939. The van der Waals surface area contributed by atoms with E-state index in [0.29, 0.717) is 47.1 Å². The van der Waals surface area contributed by atoms with Gasteiger partial charge in [-0.2, -0.15) is 0 Å². The summed E-state index contributed by atoms with van der Waals surface area (Å²) in [5, 5.41) is 17.8. The third-order valence-electron chi connectivity index (χ3n) is 7.04. The number of nitrogens with one attached hydrogen (secondary N) is 3. The number of carbonyl (C=O) groups excluding carboxylic acids is 2. The molecule has 0 aromatic heterocycles. The molecule has 4 rings (SSSR count). The van der Waals surface area contributed by atoms with E-state index in [0.717, 1.165) is 0 Å². The van der Waals surface area contributed by atoms with Gasteiger partial charge in [-0.1, -0.05) is 55.2 Å². The third kappa shape index (κ3) is 8.89. The van der Waals surface area contributed by atoms with Gasteiger partial charge in [0.25, 0.3) is 0 Å². The number of amides is 2. The summed E-state index contributed by atoms with van der Waals surface area (Å²) in [5.41, 5.74) is 0.888. The van der Waals surface area contributed by atoms with Crippen molar-refractivity contribution in [3.8, 4) is 5.75 Å². The first-order valence-corrected chi connectivity index (χ1v) is 14.1. The Hall–Kier alpha value is -3.73. The van der Waals surface area contributed by atoms with Crippen molar-refractivity contribution < 1.29 is 33.0 Å². The van der Waals surface area contributed by atoms with Gasteiger partial charge in [0.15, 0.2) is 0 Å². The summed E-state index contributed by atoms with van der Waals surface area (Å²) in [6, 6.07) is 15.5. The van der Waals surface area contributed by atoms with E-state index in [9.17, 15) is 23.2 Å². The van der Waals surface area contributed by atoms with E-state index in [4.69, 9.17) is 33.0 Å². The number of carbonyl (C=O) groups is 3. The van der Waals surface area contributed by atoms with Crippen molar-refractivity contribution in [2.24, 2.45) is 11.3 Å². The molecule has 230 valence electrons. The van der Waals surface area contributed by atoms with Crippen LogP contribution < -0.4 is 20.7 Å². The lowest BCUT2D eigenvalue weighted by atomic mass is 9.78. The molecule has 0 saturated carbocycles. The lowest BCUT2D eigenvalue weighted by Gasteiger charge is -2.29. The molecule has 43 heavy (non-hydrogen) atoms. The first-order valence-electron chi connectivity index (χ1n) is 13.3. The number of rotatable bonds is 10. The minimum Gasteiger partial charge on any atom is -0.495 e. The molecule has 3 unspecified atom stereocenters.